The van der Waals surface area contributed by atoms with Crippen LogP contribution in [0, 0.1) is 17.2 Å². The van der Waals surface area contributed by atoms with Gasteiger partial charge in [-0.1, -0.05) is 30.3 Å². The van der Waals surface area contributed by atoms with Crippen molar-refractivity contribution >= 4 is 63.3 Å². The molecule has 1 aliphatic carbocycles. The second kappa shape index (κ2) is 12.5. The van der Waals surface area contributed by atoms with Gasteiger partial charge in [0.25, 0.3) is 0 Å². The van der Waals surface area contributed by atoms with E-state index in [0.29, 0.717) is 59.2 Å². The molecule has 0 radical (unpaired) electrons. The van der Waals surface area contributed by atoms with Crippen LogP contribution in [0.4, 0.5) is 11.5 Å². The quantitative estimate of drug-likeness (QED) is 0.190. The summed E-state index contributed by atoms with van der Waals surface area (Å²) in [5, 5.41) is 13.2. The topological polar surface area (TPSA) is 102 Å². The van der Waals surface area contributed by atoms with Gasteiger partial charge in [-0.2, -0.15) is 15.2 Å². The number of amides is 1. The third-order valence-electron chi connectivity index (χ3n) is 11.2. The van der Waals surface area contributed by atoms with E-state index < -0.39 is 0 Å². The Bertz CT molecular complexity index is 1870. The Morgan fingerprint density at radius 1 is 1.20 bits per heavy atom. The Kier molecular flexibility index (Phi) is 8.41. The molecule has 49 heavy (non-hydrogen) atoms. The number of aromatic nitrogens is 3. The molecule has 13 heteroatoms. The number of halogens is 1. The zero-order chi connectivity index (χ0) is 34.1. The van der Waals surface area contributed by atoms with E-state index in [1.54, 1.807) is 4.90 Å². The van der Waals surface area contributed by atoms with Crippen LogP contribution in [-0.4, -0.2) is 96.8 Å². The van der Waals surface area contributed by atoms with E-state index in [1.165, 1.54) is 18.9 Å². The van der Waals surface area contributed by atoms with E-state index in [4.69, 9.17) is 26.3 Å². The maximum atomic E-state index is 12.7. The maximum absolute atomic E-state index is 12.7. The smallest absolute Gasteiger partial charge is 0.318 e. The fraction of sp³-hybridized carbons (Fsp3) is 0.528. The maximum Gasteiger partial charge on any atom is 0.318 e. The summed E-state index contributed by atoms with van der Waals surface area (Å²) >= 11 is 10.8. The lowest BCUT2D eigenvalue weighted by Gasteiger charge is -2.42. The van der Waals surface area contributed by atoms with Crippen LogP contribution in [0.3, 0.4) is 0 Å². The molecule has 1 saturated carbocycles. The Hall–Kier alpha value is -3.24. The summed E-state index contributed by atoms with van der Waals surface area (Å²) in [6.45, 7) is 11.8. The highest BCUT2D eigenvalue weighted by atomic mass is 35.5. The third kappa shape index (κ3) is 5.90. The lowest BCUT2D eigenvalue weighted by molar-refractivity contribution is -0.128. The number of carbonyl (C=O) groups is 1. The predicted molar refractivity (Wildman–Crippen MR) is 197 cm³/mol. The number of ether oxygens (including phenoxy) is 1. The molecule has 6 heterocycles. The molecular formula is C36H41ClN8O2S2. The molecule has 256 valence electrons. The monoisotopic (exact) mass is 716 g/mol. The molecule has 4 fully saturated rings. The van der Waals surface area contributed by atoms with Crippen molar-refractivity contribution in [3.63, 3.8) is 0 Å². The average Bonchev–Trinajstić information content (AvgIpc) is 4.03. The fourth-order valence-corrected chi connectivity index (χ4v) is 10.9. The van der Waals surface area contributed by atoms with E-state index in [-0.39, 0.29) is 23.2 Å². The first-order valence-corrected chi connectivity index (χ1v) is 19.2. The van der Waals surface area contributed by atoms with E-state index in [0.717, 1.165) is 52.4 Å². The minimum Gasteiger partial charge on any atom is -0.462 e. The van der Waals surface area contributed by atoms with Gasteiger partial charge in [0.2, 0.25) is 5.91 Å². The normalized spacial score (nSPS) is 29.1. The number of hydrogen-bond acceptors (Lipinski definition) is 11. The number of pyridine rings is 1. The first kappa shape index (κ1) is 32.9. The minimum atomic E-state index is -0.260. The van der Waals surface area contributed by atoms with E-state index in [2.05, 4.69) is 65.0 Å². The van der Waals surface area contributed by atoms with Gasteiger partial charge in [-0.3, -0.25) is 14.7 Å². The highest BCUT2D eigenvalue weighted by molar-refractivity contribution is 8.09. The standard InChI is InChI=1S/C36H41ClN8O2S2/c1-5-30(46)45-16-15-44(19-24(45)11-13-38)32-25-12-14-43(28-18-39-17-22-7-6-8-26(37)31(22)28)20-27(25)40-34(41-32)47-21-29-36(3,48-29)42(4)33-35(2,49-33)23-9-10-23/h5-8,17-18,23-24,29,33H,1,9-12,14-16,19-21H2,2-4H3/t24-,29?,33?,35-,36-/m0/s1. The van der Waals surface area contributed by atoms with Gasteiger partial charge in [0.1, 0.15) is 12.4 Å². The van der Waals surface area contributed by atoms with Crippen LogP contribution < -0.4 is 14.5 Å². The van der Waals surface area contributed by atoms with E-state index in [9.17, 15) is 10.1 Å². The van der Waals surface area contributed by atoms with Crippen LogP contribution in [0.15, 0.2) is 43.2 Å². The number of fused-ring (bicyclic) bond motifs is 2. The number of carbonyl (C=O) groups excluding carboxylic acids is 1. The molecule has 0 bridgehead atoms. The Morgan fingerprint density at radius 2 is 2.04 bits per heavy atom. The molecule has 5 aliphatic rings. The molecule has 2 aromatic heterocycles. The van der Waals surface area contributed by atoms with Crippen LogP contribution in [0.1, 0.15) is 44.4 Å². The van der Waals surface area contributed by atoms with Crippen molar-refractivity contribution in [3.05, 3.63) is 59.5 Å². The largest absolute Gasteiger partial charge is 0.462 e. The van der Waals surface area contributed by atoms with Gasteiger partial charge in [0.05, 0.1) is 63.2 Å². The molecule has 8 rings (SSSR count). The minimum absolute atomic E-state index is 0.0251. The number of rotatable bonds is 10. The van der Waals surface area contributed by atoms with Crippen LogP contribution >= 0.6 is 35.1 Å². The summed E-state index contributed by atoms with van der Waals surface area (Å²) in [5.41, 5.74) is 2.97. The van der Waals surface area contributed by atoms with Crippen molar-refractivity contribution in [1.82, 2.24) is 24.8 Å². The lowest BCUT2D eigenvalue weighted by atomic mass is 10.0. The van der Waals surface area contributed by atoms with Gasteiger partial charge in [0.15, 0.2) is 0 Å². The van der Waals surface area contributed by atoms with Crippen molar-refractivity contribution in [1.29, 1.82) is 5.26 Å². The first-order chi connectivity index (χ1) is 23.6. The van der Waals surface area contributed by atoms with Crippen molar-refractivity contribution in [2.75, 3.05) is 49.6 Å². The van der Waals surface area contributed by atoms with Gasteiger partial charge in [-0.25, -0.2) is 0 Å². The number of hydrogen-bond donors (Lipinski definition) is 0. The number of nitrogens with zero attached hydrogens (tertiary/aromatic N) is 8. The van der Waals surface area contributed by atoms with Gasteiger partial charge in [-0.05, 0) is 58.2 Å². The number of nitriles is 1. The number of anilines is 2. The highest BCUT2D eigenvalue weighted by Crippen LogP contribution is 2.69. The molecule has 3 aromatic rings. The number of benzene rings is 1. The lowest BCUT2D eigenvalue weighted by Crippen LogP contribution is -2.55. The summed E-state index contributed by atoms with van der Waals surface area (Å²) in [6.07, 6.45) is 8.74. The molecule has 4 aliphatic heterocycles. The summed E-state index contributed by atoms with van der Waals surface area (Å²) in [6, 6.07) is 8.28. The zero-order valence-corrected chi connectivity index (χ0v) is 30.5. The highest BCUT2D eigenvalue weighted by Gasteiger charge is 2.67. The van der Waals surface area contributed by atoms with Crippen LogP contribution in [0.5, 0.6) is 6.01 Å². The summed E-state index contributed by atoms with van der Waals surface area (Å²) in [7, 11) is 2.27. The molecule has 5 atom stereocenters. The third-order valence-corrected chi connectivity index (χ3v) is 15.0. The van der Waals surface area contributed by atoms with Crippen LogP contribution in [0.2, 0.25) is 5.02 Å². The summed E-state index contributed by atoms with van der Waals surface area (Å²) < 4.78 is 6.87. The fourth-order valence-electron chi connectivity index (χ4n) is 7.83. The number of thioether (sulfide) groups is 2. The summed E-state index contributed by atoms with van der Waals surface area (Å²) in [5.74, 6) is 1.54. The first-order valence-electron chi connectivity index (χ1n) is 17.1. The molecule has 2 unspecified atom stereocenters. The Morgan fingerprint density at radius 3 is 2.82 bits per heavy atom. The van der Waals surface area contributed by atoms with Crippen molar-refractivity contribution < 1.29 is 9.53 Å². The molecular weight excluding hydrogens is 676 g/mol. The second-order valence-corrected chi connectivity index (χ2v) is 17.7. The Labute approximate surface area is 301 Å². The van der Waals surface area contributed by atoms with Crippen molar-refractivity contribution in [2.45, 2.75) is 72.4 Å². The molecule has 10 nitrogen and oxygen atoms in total. The van der Waals surface area contributed by atoms with Crippen LogP contribution in [-0.2, 0) is 17.8 Å². The average molecular weight is 717 g/mol. The predicted octanol–water partition coefficient (Wildman–Crippen LogP) is 5.74. The van der Waals surface area contributed by atoms with Gasteiger partial charge >= 0.3 is 6.01 Å². The van der Waals surface area contributed by atoms with E-state index in [1.807, 2.05) is 42.4 Å². The molecule has 0 spiro atoms. The second-order valence-electron chi connectivity index (χ2n) is 14.1. The summed E-state index contributed by atoms with van der Waals surface area (Å²) in [4.78, 5) is 36.1. The molecule has 1 amide bonds. The van der Waals surface area contributed by atoms with E-state index >= 15 is 0 Å². The molecule has 3 saturated heterocycles. The van der Waals surface area contributed by atoms with Gasteiger partial charge in [-0.15, -0.1) is 23.5 Å². The SMILES string of the molecule is C=CC(=O)N1CCN(c2nc(OCC3S[C@]3(C)N(C)C3S[C@@]3(C)C3CC3)nc3c2CCN(c2cncc4cccc(Cl)c24)C3)C[C@@H]1CC#N. The Balaban J connectivity index is 1.07. The van der Waals surface area contributed by atoms with Crippen molar-refractivity contribution in [3.8, 4) is 12.1 Å². The zero-order valence-electron chi connectivity index (χ0n) is 28.1. The van der Waals surface area contributed by atoms with Crippen LogP contribution in [0.25, 0.3) is 10.8 Å². The van der Waals surface area contributed by atoms with Gasteiger partial charge in [0, 0.05) is 53.5 Å². The van der Waals surface area contributed by atoms with Crippen molar-refractivity contribution in [2.24, 2.45) is 5.92 Å². The molecule has 0 N–H and O–H groups in total. The van der Waals surface area contributed by atoms with Gasteiger partial charge < -0.3 is 19.4 Å². The molecule has 1 aromatic carbocycles. The number of piperazine rings is 1.